The second-order valence-corrected chi connectivity index (χ2v) is 5.77. The molecule has 1 aromatic rings. The van der Waals surface area contributed by atoms with Crippen LogP contribution in [-0.2, 0) is 11.3 Å². The maximum absolute atomic E-state index is 11.7. The van der Waals surface area contributed by atoms with Crippen LogP contribution in [0, 0.1) is 0 Å². The second-order valence-electron chi connectivity index (χ2n) is 5.77. The number of rotatable bonds is 9. The number of anilines is 1. The van der Waals surface area contributed by atoms with Crippen molar-refractivity contribution in [2.24, 2.45) is 4.99 Å². The van der Waals surface area contributed by atoms with Crippen LogP contribution in [0.4, 0.5) is 10.5 Å². The van der Waals surface area contributed by atoms with Gasteiger partial charge in [0.05, 0.1) is 13.2 Å². The quantitative estimate of drug-likeness (QED) is 0.191. The summed E-state index contributed by atoms with van der Waals surface area (Å²) >= 11 is 0. The van der Waals surface area contributed by atoms with Gasteiger partial charge in [-0.2, -0.15) is 0 Å². The van der Waals surface area contributed by atoms with E-state index >= 15 is 0 Å². The Hall–Kier alpha value is -1.55. The van der Waals surface area contributed by atoms with Crippen molar-refractivity contribution < 1.29 is 9.53 Å². The van der Waals surface area contributed by atoms with Gasteiger partial charge in [0.1, 0.15) is 0 Å². The number of nitrogens with one attached hydrogen (secondary N) is 4. The van der Waals surface area contributed by atoms with Gasteiger partial charge in [-0.05, 0) is 45.4 Å². The summed E-state index contributed by atoms with van der Waals surface area (Å²) in [6.45, 7) is 11.3. The van der Waals surface area contributed by atoms with E-state index in [1.807, 2.05) is 52.0 Å². The standard InChI is InChI=1S/C18H31N5O2.HI/c1-5-19-17(20-11-12-25-6-2)21-13-15-7-9-16(10-8-15)23-18(24)22-14(3)4;/h7-10,14H,5-6,11-13H2,1-4H3,(H2,19,20,21)(H2,22,23,24);1H. The average Bonchev–Trinajstić information content (AvgIpc) is 2.57. The topological polar surface area (TPSA) is 86.8 Å². The number of hydrogen-bond donors (Lipinski definition) is 4. The van der Waals surface area contributed by atoms with Crippen LogP contribution in [0.3, 0.4) is 0 Å². The molecule has 1 aromatic carbocycles. The van der Waals surface area contributed by atoms with Crippen LogP contribution in [0.25, 0.3) is 0 Å². The molecule has 0 unspecified atom stereocenters. The van der Waals surface area contributed by atoms with Gasteiger partial charge in [-0.3, -0.25) is 0 Å². The number of nitrogens with zero attached hydrogens (tertiary/aromatic N) is 1. The molecule has 0 heterocycles. The van der Waals surface area contributed by atoms with E-state index in [1.54, 1.807) is 0 Å². The fraction of sp³-hybridized carbons (Fsp3) is 0.556. The van der Waals surface area contributed by atoms with Gasteiger partial charge in [-0.25, -0.2) is 9.79 Å². The predicted molar refractivity (Wildman–Crippen MR) is 118 cm³/mol. The highest BCUT2D eigenvalue weighted by Gasteiger charge is 2.03. The number of aliphatic imine (C=N–C) groups is 1. The van der Waals surface area contributed by atoms with E-state index in [1.165, 1.54) is 0 Å². The minimum atomic E-state index is -0.200. The molecule has 0 saturated heterocycles. The van der Waals surface area contributed by atoms with Gasteiger partial charge in [0.15, 0.2) is 5.96 Å². The molecule has 148 valence electrons. The Morgan fingerprint density at radius 3 is 2.42 bits per heavy atom. The number of guanidine groups is 1. The number of halogens is 1. The van der Waals surface area contributed by atoms with Gasteiger partial charge in [0, 0.05) is 31.4 Å². The molecule has 0 radical (unpaired) electrons. The molecule has 0 aliphatic heterocycles. The van der Waals surface area contributed by atoms with Crippen LogP contribution in [0.1, 0.15) is 33.3 Å². The molecule has 0 spiro atoms. The van der Waals surface area contributed by atoms with Crippen LogP contribution < -0.4 is 21.3 Å². The zero-order valence-corrected chi connectivity index (χ0v) is 18.4. The minimum absolute atomic E-state index is 0. The third-order valence-electron chi connectivity index (χ3n) is 3.14. The molecule has 0 atom stereocenters. The monoisotopic (exact) mass is 477 g/mol. The van der Waals surface area contributed by atoms with E-state index in [-0.39, 0.29) is 36.0 Å². The molecule has 7 nitrogen and oxygen atoms in total. The molecule has 1 rings (SSSR count). The molecule has 4 N–H and O–H groups in total. The van der Waals surface area contributed by atoms with Crippen molar-refractivity contribution in [3.05, 3.63) is 29.8 Å². The first-order chi connectivity index (χ1) is 12.0. The van der Waals surface area contributed by atoms with Gasteiger partial charge in [0.2, 0.25) is 0 Å². The summed E-state index contributed by atoms with van der Waals surface area (Å²) < 4.78 is 5.31. The summed E-state index contributed by atoms with van der Waals surface area (Å²) in [6.07, 6.45) is 0. The molecule has 0 aromatic heterocycles. The number of hydrogen-bond acceptors (Lipinski definition) is 3. The van der Waals surface area contributed by atoms with Crippen molar-refractivity contribution in [2.75, 3.05) is 31.6 Å². The van der Waals surface area contributed by atoms with Crippen molar-refractivity contribution >= 4 is 41.7 Å². The zero-order valence-electron chi connectivity index (χ0n) is 16.1. The Balaban J connectivity index is 0.00000625. The van der Waals surface area contributed by atoms with Crippen molar-refractivity contribution in [1.29, 1.82) is 0 Å². The summed E-state index contributed by atoms with van der Waals surface area (Å²) in [5.74, 6) is 0.765. The molecule has 0 saturated carbocycles. The van der Waals surface area contributed by atoms with E-state index in [0.29, 0.717) is 26.3 Å². The first-order valence-corrected chi connectivity index (χ1v) is 8.81. The molecule has 0 aliphatic carbocycles. The highest BCUT2D eigenvalue weighted by Crippen LogP contribution is 2.10. The first kappa shape index (κ1) is 24.5. The molecule has 0 fully saturated rings. The Morgan fingerprint density at radius 1 is 1.15 bits per heavy atom. The summed E-state index contributed by atoms with van der Waals surface area (Å²) in [4.78, 5) is 16.2. The fourth-order valence-electron chi connectivity index (χ4n) is 2.02. The van der Waals surface area contributed by atoms with Crippen molar-refractivity contribution in [3.63, 3.8) is 0 Å². The molecule has 2 amide bonds. The van der Waals surface area contributed by atoms with Gasteiger partial charge in [0.25, 0.3) is 0 Å². The number of urea groups is 1. The fourth-order valence-corrected chi connectivity index (χ4v) is 2.02. The Kier molecular flexibility index (Phi) is 13.7. The lowest BCUT2D eigenvalue weighted by Gasteiger charge is -2.12. The van der Waals surface area contributed by atoms with Gasteiger partial charge in [-0.15, -0.1) is 24.0 Å². The lowest BCUT2D eigenvalue weighted by Crippen LogP contribution is -2.39. The van der Waals surface area contributed by atoms with E-state index < -0.39 is 0 Å². The Labute approximate surface area is 173 Å². The zero-order chi connectivity index (χ0) is 18.5. The Bertz CT molecular complexity index is 535. The van der Waals surface area contributed by atoms with Crippen molar-refractivity contribution in [2.45, 2.75) is 40.3 Å². The lowest BCUT2D eigenvalue weighted by atomic mass is 10.2. The van der Waals surface area contributed by atoms with E-state index in [4.69, 9.17) is 4.74 Å². The third-order valence-corrected chi connectivity index (χ3v) is 3.14. The van der Waals surface area contributed by atoms with Gasteiger partial charge < -0.3 is 26.0 Å². The average molecular weight is 477 g/mol. The van der Waals surface area contributed by atoms with Crippen LogP contribution in [-0.4, -0.2) is 44.3 Å². The maximum atomic E-state index is 11.7. The summed E-state index contributed by atoms with van der Waals surface area (Å²) in [7, 11) is 0. The van der Waals surface area contributed by atoms with Crippen molar-refractivity contribution in [1.82, 2.24) is 16.0 Å². The summed E-state index contributed by atoms with van der Waals surface area (Å²) in [5.41, 5.74) is 1.82. The van der Waals surface area contributed by atoms with E-state index in [0.717, 1.165) is 23.8 Å². The molecular formula is C18H32IN5O2. The second kappa shape index (κ2) is 14.6. The molecule has 0 aliphatic rings. The van der Waals surface area contributed by atoms with Crippen molar-refractivity contribution in [3.8, 4) is 0 Å². The molecule has 8 heteroatoms. The van der Waals surface area contributed by atoms with Crippen LogP contribution >= 0.6 is 24.0 Å². The number of benzene rings is 1. The van der Waals surface area contributed by atoms with E-state index in [2.05, 4.69) is 26.3 Å². The summed E-state index contributed by atoms with van der Waals surface area (Å²) in [6, 6.07) is 7.57. The van der Waals surface area contributed by atoms with Gasteiger partial charge in [-0.1, -0.05) is 12.1 Å². The molecular weight excluding hydrogens is 445 g/mol. The number of amides is 2. The highest BCUT2D eigenvalue weighted by atomic mass is 127. The maximum Gasteiger partial charge on any atom is 0.319 e. The van der Waals surface area contributed by atoms with E-state index in [9.17, 15) is 4.79 Å². The SMILES string of the molecule is CCNC(=NCc1ccc(NC(=O)NC(C)C)cc1)NCCOCC.I. The molecule has 0 bridgehead atoms. The smallest absolute Gasteiger partial charge is 0.319 e. The van der Waals surface area contributed by atoms with Crippen LogP contribution in [0.5, 0.6) is 0 Å². The van der Waals surface area contributed by atoms with Gasteiger partial charge >= 0.3 is 6.03 Å². The Morgan fingerprint density at radius 2 is 1.85 bits per heavy atom. The largest absolute Gasteiger partial charge is 0.380 e. The normalized spacial score (nSPS) is 10.9. The minimum Gasteiger partial charge on any atom is -0.380 e. The third kappa shape index (κ3) is 11.1. The van der Waals surface area contributed by atoms with Crippen LogP contribution in [0.15, 0.2) is 29.3 Å². The predicted octanol–water partition coefficient (Wildman–Crippen LogP) is 2.93. The first-order valence-electron chi connectivity index (χ1n) is 8.81. The lowest BCUT2D eigenvalue weighted by molar-refractivity contribution is 0.152. The number of ether oxygens (including phenoxy) is 1. The van der Waals surface area contributed by atoms with Crippen LogP contribution in [0.2, 0.25) is 0 Å². The number of carbonyl (C=O) groups is 1. The molecule has 26 heavy (non-hydrogen) atoms. The number of carbonyl (C=O) groups excluding carboxylic acids is 1. The summed E-state index contributed by atoms with van der Waals surface area (Å²) in [5, 5.41) is 12.0. The highest BCUT2D eigenvalue weighted by molar-refractivity contribution is 14.0.